The Morgan fingerprint density at radius 2 is 1.69 bits per heavy atom. The monoisotopic (exact) mass is 181 g/mol. The van der Waals surface area contributed by atoms with E-state index in [2.05, 4.69) is 15.0 Å². The molecular weight excluding hydrogens is 176 g/mol. The summed E-state index contributed by atoms with van der Waals surface area (Å²) in [5.41, 5.74) is 0.171. The number of hydrogen-bond acceptors (Lipinski definition) is 2. The highest BCUT2D eigenvalue weighted by atomic mass is 19.1. The van der Waals surface area contributed by atoms with E-state index in [9.17, 15) is 8.78 Å². The van der Waals surface area contributed by atoms with Crippen LogP contribution in [0.4, 0.5) is 8.78 Å². The van der Waals surface area contributed by atoms with E-state index >= 15 is 0 Å². The molecule has 0 aliphatic rings. The predicted octanol–water partition coefficient (Wildman–Crippen LogP) is 1.75. The van der Waals surface area contributed by atoms with Gasteiger partial charge in [0.15, 0.2) is 11.6 Å². The molecule has 2 aromatic rings. The predicted molar refractivity (Wildman–Crippen MR) is 41.7 cm³/mol. The van der Waals surface area contributed by atoms with E-state index in [4.69, 9.17) is 0 Å². The molecule has 2 rings (SSSR count). The Hall–Kier alpha value is -1.78. The zero-order valence-corrected chi connectivity index (χ0v) is 6.46. The van der Waals surface area contributed by atoms with Crippen LogP contribution >= 0.6 is 0 Å². The van der Waals surface area contributed by atoms with Crippen LogP contribution in [0.2, 0.25) is 0 Å². The molecule has 66 valence electrons. The highest BCUT2D eigenvalue weighted by Crippen LogP contribution is 2.21. The van der Waals surface area contributed by atoms with E-state index in [1.165, 1.54) is 12.5 Å². The normalized spacial score (nSPS) is 10.3. The minimum atomic E-state index is -0.704. The molecule has 0 amide bonds. The van der Waals surface area contributed by atoms with Crippen LogP contribution in [-0.4, -0.2) is 15.0 Å². The second-order valence-electron chi connectivity index (χ2n) is 2.44. The number of pyridine rings is 1. The van der Waals surface area contributed by atoms with Gasteiger partial charge in [-0.15, -0.1) is 0 Å². The summed E-state index contributed by atoms with van der Waals surface area (Å²) in [7, 11) is 0. The van der Waals surface area contributed by atoms with Gasteiger partial charge in [-0.2, -0.15) is 0 Å². The molecule has 0 aliphatic carbocycles. The molecule has 5 heteroatoms. The van der Waals surface area contributed by atoms with E-state index < -0.39 is 11.6 Å². The standard InChI is InChI=1S/C8H5F2N3/c9-5-1-11-2-6(10)8(5)7-3-12-4-13-7/h1-4H,(H,12,13). The van der Waals surface area contributed by atoms with Gasteiger partial charge < -0.3 is 4.98 Å². The van der Waals surface area contributed by atoms with Gasteiger partial charge in [0.1, 0.15) is 0 Å². The zero-order chi connectivity index (χ0) is 9.26. The van der Waals surface area contributed by atoms with E-state index in [1.807, 2.05) is 0 Å². The SMILES string of the molecule is Fc1cncc(F)c1-c1cnc[nH]1. The van der Waals surface area contributed by atoms with Crippen LogP contribution in [0.3, 0.4) is 0 Å². The number of rotatable bonds is 1. The molecule has 0 radical (unpaired) electrons. The minimum absolute atomic E-state index is 0.132. The van der Waals surface area contributed by atoms with Gasteiger partial charge in [0.25, 0.3) is 0 Å². The molecule has 0 atom stereocenters. The Balaban J connectivity index is 2.64. The fraction of sp³-hybridized carbons (Fsp3) is 0. The van der Waals surface area contributed by atoms with Crippen molar-refractivity contribution in [2.75, 3.05) is 0 Å². The maximum Gasteiger partial charge on any atom is 0.153 e. The third-order valence-corrected chi connectivity index (χ3v) is 1.62. The van der Waals surface area contributed by atoms with Crippen molar-refractivity contribution in [2.24, 2.45) is 0 Å². The summed E-state index contributed by atoms with van der Waals surface area (Å²) in [6.07, 6.45) is 4.62. The zero-order valence-electron chi connectivity index (χ0n) is 6.46. The summed E-state index contributed by atoms with van der Waals surface area (Å²) in [6.45, 7) is 0. The molecule has 3 nitrogen and oxygen atoms in total. The lowest BCUT2D eigenvalue weighted by molar-refractivity contribution is 0.578. The van der Waals surface area contributed by atoms with Crippen molar-refractivity contribution >= 4 is 0 Å². The molecule has 13 heavy (non-hydrogen) atoms. The average molecular weight is 181 g/mol. The molecule has 0 saturated heterocycles. The number of hydrogen-bond donors (Lipinski definition) is 1. The second-order valence-corrected chi connectivity index (χ2v) is 2.44. The van der Waals surface area contributed by atoms with Crippen molar-refractivity contribution in [2.45, 2.75) is 0 Å². The highest BCUT2D eigenvalue weighted by molar-refractivity contribution is 5.58. The summed E-state index contributed by atoms with van der Waals surface area (Å²) in [5, 5.41) is 0. The molecule has 0 aromatic carbocycles. The van der Waals surface area contributed by atoms with E-state index in [1.54, 1.807) is 0 Å². The van der Waals surface area contributed by atoms with Crippen LogP contribution in [0, 0.1) is 11.6 Å². The fourth-order valence-corrected chi connectivity index (χ4v) is 1.06. The van der Waals surface area contributed by atoms with Crippen molar-refractivity contribution < 1.29 is 8.78 Å². The molecule has 2 heterocycles. The molecule has 0 saturated carbocycles. The summed E-state index contributed by atoms with van der Waals surface area (Å²) < 4.78 is 26.1. The smallest absolute Gasteiger partial charge is 0.153 e. The lowest BCUT2D eigenvalue weighted by Crippen LogP contribution is -1.91. The van der Waals surface area contributed by atoms with Crippen LogP contribution in [0.5, 0.6) is 0 Å². The molecule has 0 aliphatic heterocycles. The lowest BCUT2D eigenvalue weighted by atomic mass is 10.2. The van der Waals surface area contributed by atoms with Crippen molar-refractivity contribution in [1.29, 1.82) is 0 Å². The Morgan fingerprint density at radius 3 is 2.23 bits per heavy atom. The van der Waals surface area contributed by atoms with E-state index in [-0.39, 0.29) is 5.56 Å². The lowest BCUT2D eigenvalue weighted by Gasteiger charge is -1.99. The maximum atomic E-state index is 13.1. The van der Waals surface area contributed by atoms with Gasteiger partial charge in [0, 0.05) is 0 Å². The third-order valence-electron chi connectivity index (χ3n) is 1.62. The molecule has 0 unspecified atom stereocenters. The first kappa shape index (κ1) is 7.85. The van der Waals surface area contributed by atoms with E-state index in [0.29, 0.717) is 5.69 Å². The number of H-pyrrole nitrogens is 1. The number of aromatic nitrogens is 3. The Kier molecular flexibility index (Phi) is 1.77. The Labute approximate surface area is 72.5 Å². The second kappa shape index (κ2) is 2.93. The maximum absolute atomic E-state index is 13.1. The fourth-order valence-electron chi connectivity index (χ4n) is 1.06. The van der Waals surface area contributed by atoms with Gasteiger partial charge in [-0.3, -0.25) is 4.98 Å². The van der Waals surface area contributed by atoms with Gasteiger partial charge in [-0.25, -0.2) is 13.8 Å². The molecule has 2 aromatic heterocycles. The summed E-state index contributed by atoms with van der Waals surface area (Å²) in [6, 6.07) is 0. The molecule has 0 spiro atoms. The number of halogens is 2. The van der Waals surface area contributed by atoms with Crippen LogP contribution in [-0.2, 0) is 0 Å². The van der Waals surface area contributed by atoms with Gasteiger partial charge in [0.2, 0.25) is 0 Å². The van der Waals surface area contributed by atoms with Gasteiger partial charge >= 0.3 is 0 Å². The Bertz CT molecular complexity index is 391. The first-order valence-corrected chi connectivity index (χ1v) is 3.57. The number of nitrogens with one attached hydrogen (secondary N) is 1. The van der Waals surface area contributed by atoms with Gasteiger partial charge in [-0.05, 0) is 0 Å². The average Bonchev–Trinajstić information content (AvgIpc) is 2.57. The molecule has 1 N–H and O–H groups in total. The molecule has 0 bridgehead atoms. The summed E-state index contributed by atoms with van der Waals surface area (Å²) in [4.78, 5) is 9.66. The largest absolute Gasteiger partial charge is 0.344 e. The first-order chi connectivity index (χ1) is 6.29. The number of nitrogens with zero attached hydrogens (tertiary/aromatic N) is 2. The van der Waals surface area contributed by atoms with Crippen molar-refractivity contribution in [3.63, 3.8) is 0 Å². The molecule has 0 fully saturated rings. The van der Waals surface area contributed by atoms with Gasteiger partial charge in [0.05, 0.1) is 36.2 Å². The van der Waals surface area contributed by atoms with Crippen molar-refractivity contribution in [3.8, 4) is 11.3 Å². The van der Waals surface area contributed by atoms with Crippen LogP contribution in [0.1, 0.15) is 0 Å². The number of imidazole rings is 1. The topological polar surface area (TPSA) is 41.6 Å². The van der Waals surface area contributed by atoms with Crippen LogP contribution in [0.15, 0.2) is 24.9 Å². The Morgan fingerprint density at radius 1 is 1.00 bits per heavy atom. The summed E-state index contributed by atoms with van der Waals surface area (Å²) in [5.74, 6) is -1.41. The highest BCUT2D eigenvalue weighted by Gasteiger charge is 2.11. The van der Waals surface area contributed by atoms with Crippen LogP contribution in [0.25, 0.3) is 11.3 Å². The summed E-state index contributed by atoms with van der Waals surface area (Å²) >= 11 is 0. The van der Waals surface area contributed by atoms with Crippen molar-refractivity contribution in [3.05, 3.63) is 36.6 Å². The number of aromatic amines is 1. The minimum Gasteiger partial charge on any atom is -0.344 e. The third kappa shape index (κ3) is 1.28. The van der Waals surface area contributed by atoms with E-state index in [0.717, 1.165) is 12.4 Å². The van der Waals surface area contributed by atoms with Gasteiger partial charge in [-0.1, -0.05) is 0 Å². The molecular formula is C8H5F2N3. The quantitative estimate of drug-likeness (QED) is 0.728. The first-order valence-electron chi connectivity index (χ1n) is 3.57. The van der Waals surface area contributed by atoms with Crippen LogP contribution < -0.4 is 0 Å². The van der Waals surface area contributed by atoms with Crippen molar-refractivity contribution in [1.82, 2.24) is 15.0 Å².